The lowest BCUT2D eigenvalue weighted by molar-refractivity contribution is -0.276. The van der Waals surface area contributed by atoms with Gasteiger partial charge in [-0.2, -0.15) is 0 Å². The molecule has 0 aliphatic carbocycles. The Morgan fingerprint density at radius 2 is 1.31 bits per heavy atom. The molecule has 12 N–H and O–H groups in total. The Balaban J connectivity index is 0.00000946. The van der Waals surface area contributed by atoms with Gasteiger partial charge in [0.05, 0.1) is 73.8 Å². The molecule has 2 heterocycles. The molecule has 2 aliphatic rings. The predicted octanol–water partition coefficient (Wildman–Crippen LogP) is 2.90. The van der Waals surface area contributed by atoms with E-state index in [0.29, 0.717) is 19.3 Å². The van der Waals surface area contributed by atoms with Gasteiger partial charge in [0.1, 0.15) is 6.10 Å². The number of carbonyl (C=O) groups excluding carboxylic acids is 1. The van der Waals surface area contributed by atoms with E-state index in [-0.39, 0.29) is 58.0 Å². The van der Waals surface area contributed by atoms with Crippen LogP contribution in [0.15, 0.2) is 85.1 Å². The number of aliphatic hydroxyl groups is 9. The zero-order valence-electron chi connectivity index (χ0n) is 36.5. The third-order valence-corrected chi connectivity index (χ3v) is 10.3. The summed E-state index contributed by atoms with van der Waals surface area (Å²) in [5, 5.41) is 104. The van der Waals surface area contributed by atoms with Crippen molar-refractivity contribution in [2.75, 3.05) is 6.61 Å². The van der Waals surface area contributed by atoms with Gasteiger partial charge in [-0.25, -0.2) is 0 Å². The number of cyclic esters (lactones) is 1. The van der Waals surface area contributed by atoms with E-state index >= 15 is 0 Å². The molecule has 2 aliphatic heterocycles. The van der Waals surface area contributed by atoms with Gasteiger partial charge < -0.3 is 71.0 Å². The molecule has 16 heteroatoms. The second kappa shape index (κ2) is 32.3. The number of nitrogens with two attached hydrogens (primary N) is 1. The van der Waals surface area contributed by atoms with E-state index in [1.54, 1.807) is 61.6 Å². The lowest BCUT2D eigenvalue weighted by Gasteiger charge is -2.40. The Morgan fingerprint density at radius 3 is 1.92 bits per heavy atom. The zero-order valence-corrected chi connectivity index (χ0v) is 36.5. The molecular weight excluding hydrogens is 806 g/mol. The van der Waals surface area contributed by atoms with Crippen molar-refractivity contribution in [2.24, 2.45) is 11.7 Å². The molecule has 0 bridgehead atoms. The van der Waals surface area contributed by atoms with E-state index in [2.05, 4.69) is 0 Å². The minimum Gasteiger partial charge on any atom is -0.481 e. The number of ether oxygens (including phenoxy) is 3. The highest BCUT2D eigenvalue weighted by molar-refractivity contribution is 5.70. The summed E-state index contributed by atoms with van der Waals surface area (Å²) in [5.41, 5.74) is 5.98. The Hall–Kier alpha value is -3.36. The first-order valence-electron chi connectivity index (χ1n) is 21.8. The second-order valence-corrected chi connectivity index (χ2v) is 15.6. The number of hydrogen-bond acceptors (Lipinski definition) is 15. The van der Waals surface area contributed by atoms with Gasteiger partial charge in [0.25, 0.3) is 0 Å². The maximum atomic E-state index is 12.2. The third-order valence-electron chi connectivity index (χ3n) is 10.3. The summed E-state index contributed by atoms with van der Waals surface area (Å²) in [5.74, 6) is -5.37. The first kappa shape index (κ1) is 56.7. The smallest absolute Gasteiger partial charge is 0.308 e. The normalized spacial score (nSPS) is 37.5. The molecular formula is C46H75NO15. The first-order chi connectivity index (χ1) is 29.5. The number of hydrogen-bond donors (Lipinski definition) is 11. The standard InChI is InChI=1S/C44H69NO15.C2H6/c1-30-40(52)39(45)41(53)43(59-30)60-35-19-14-12-10-8-6-4-2-3-5-7-9-11-13-17-32(46)24-26-58-38(51)28-33(47)18-15-16-20-36(49)37(50)27-34(48)29-44(56,57)25-23-31(21-22-35)42(54)55;1-2/h2-14,19,30-37,39-41,43,46-50,52-53,56-57H,15-18,20-29,45H2,1H3,(H,54,55);1-2H3/b4-2+,5-3+,8-6+,9-7+,12-10+,13-11+,19-14+;/t30?,31-,32+,33+,34-,35-,36+,37+,39?,40?,41?,43?;/m0./s1. The van der Waals surface area contributed by atoms with E-state index in [1.165, 1.54) is 0 Å². The van der Waals surface area contributed by atoms with Crippen LogP contribution in [0.25, 0.3) is 0 Å². The van der Waals surface area contributed by atoms with Crippen molar-refractivity contribution in [1.29, 1.82) is 0 Å². The highest BCUT2D eigenvalue weighted by Gasteiger charge is 2.42. The number of allylic oxidation sites excluding steroid dienone is 12. The SMILES string of the molecule is CC.CC1OC(O[C@H]2/C=C/C=C/C=C/C=C/C=C/C=C/C=C/C[C@@H](O)CCOC(=O)C[C@H](O)CCCC[C@@H](O)[C@H](O)C[C@H](O)CC(O)(O)CC[C@@H](C(=O)O)CC2)C(O)C(N)C1O. The van der Waals surface area contributed by atoms with Crippen LogP contribution in [0.1, 0.15) is 104 Å². The van der Waals surface area contributed by atoms with E-state index in [0.717, 1.165) is 0 Å². The van der Waals surface area contributed by atoms with Crippen LogP contribution in [-0.4, -0.2) is 143 Å². The van der Waals surface area contributed by atoms with Crippen molar-refractivity contribution in [3.8, 4) is 0 Å². The summed E-state index contributed by atoms with van der Waals surface area (Å²) in [4.78, 5) is 24.4. The topological polar surface area (TPSA) is 290 Å². The van der Waals surface area contributed by atoms with Gasteiger partial charge in [-0.3, -0.25) is 9.59 Å². The van der Waals surface area contributed by atoms with Gasteiger partial charge in [0.15, 0.2) is 12.1 Å². The highest BCUT2D eigenvalue weighted by atomic mass is 16.7. The zero-order chi connectivity index (χ0) is 46.5. The van der Waals surface area contributed by atoms with Crippen molar-refractivity contribution in [3.05, 3.63) is 85.1 Å². The van der Waals surface area contributed by atoms with E-state index < -0.39 is 104 Å². The van der Waals surface area contributed by atoms with Crippen LogP contribution >= 0.6 is 0 Å². The van der Waals surface area contributed by atoms with E-state index in [9.17, 15) is 60.7 Å². The van der Waals surface area contributed by atoms with Crippen LogP contribution in [0.4, 0.5) is 0 Å². The number of carboxylic acids is 1. The van der Waals surface area contributed by atoms with E-state index in [1.807, 2.05) is 44.2 Å². The van der Waals surface area contributed by atoms with Crippen LogP contribution in [0.2, 0.25) is 0 Å². The molecule has 0 radical (unpaired) electrons. The van der Waals surface area contributed by atoms with Crippen molar-refractivity contribution in [2.45, 2.75) is 177 Å². The van der Waals surface area contributed by atoms with Crippen LogP contribution in [0.3, 0.4) is 0 Å². The molecule has 0 aromatic carbocycles. The van der Waals surface area contributed by atoms with Crippen LogP contribution in [0.5, 0.6) is 0 Å². The Kier molecular flexibility index (Phi) is 29.5. The lowest BCUT2D eigenvalue weighted by Crippen LogP contribution is -2.61. The molecule has 0 spiro atoms. The monoisotopic (exact) mass is 882 g/mol. The summed E-state index contributed by atoms with van der Waals surface area (Å²) in [6, 6.07) is -1.05. The summed E-state index contributed by atoms with van der Waals surface area (Å²) in [6.45, 7) is 5.58. The largest absolute Gasteiger partial charge is 0.481 e. The number of aliphatic hydroxyl groups excluding tert-OH is 7. The average molecular weight is 882 g/mol. The molecule has 0 aromatic rings. The van der Waals surface area contributed by atoms with Crippen molar-refractivity contribution in [3.63, 3.8) is 0 Å². The molecule has 1 saturated heterocycles. The minimum atomic E-state index is -2.50. The molecule has 12 atom stereocenters. The lowest BCUT2D eigenvalue weighted by atomic mass is 9.90. The van der Waals surface area contributed by atoms with Crippen molar-refractivity contribution < 1.29 is 74.9 Å². The summed E-state index contributed by atoms with van der Waals surface area (Å²) < 4.78 is 16.8. The number of carboxylic acid groups (broad SMARTS) is 1. The highest BCUT2D eigenvalue weighted by Crippen LogP contribution is 2.27. The van der Waals surface area contributed by atoms with Gasteiger partial charge in [-0.15, -0.1) is 0 Å². The van der Waals surface area contributed by atoms with Gasteiger partial charge in [-0.05, 0) is 45.4 Å². The molecule has 354 valence electrons. The van der Waals surface area contributed by atoms with Crippen molar-refractivity contribution in [1.82, 2.24) is 0 Å². The molecule has 1 fully saturated rings. The first-order valence-corrected chi connectivity index (χ1v) is 21.8. The maximum Gasteiger partial charge on any atom is 0.308 e. The molecule has 0 saturated carbocycles. The average Bonchev–Trinajstić information content (AvgIpc) is 3.21. The number of aliphatic carboxylic acids is 1. The Morgan fingerprint density at radius 1 is 0.726 bits per heavy atom. The fraction of sp³-hybridized carbons (Fsp3) is 0.652. The van der Waals surface area contributed by atoms with Gasteiger partial charge in [-0.1, -0.05) is 112 Å². The molecule has 5 unspecified atom stereocenters. The Labute approximate surface area is 366 Å². The molecule has 2 rings (SSSR count). The van der Waals surface area contributed by atoms with Gasteiger partial charge in [0, 0.05) is 25.7 Å². The molecule has 0 amide bonds. The number of carbonyl (C=O) groups is 2. The third kappa shape index (κ3) is 25.1. The van der Waals surface area contributed by atoms with Crippen LogP contribution in [0, 0.1) is 5.92 Å². The van der Waals surface area contributed by atoms with Gasteiger partial charge >= 0.3 is 11.9 Å². The molecule has 0 aromatic heterocycles. The van der Waals surface area contributed by atoms with Gasteiger partial charge in [0.2, 0.25) is 0 Å². The van der Waals surface area contributed by atoms with Crippen LogP contribution < -0.4 is 5.73 Å². The summed E-state index contributed by atoms with van der Waals surface area (Å²) in [6.07, 6.45) is 13.8. The fourth-order valence-corrected chi connectivity index (χ4v) is 6.57. The Bertz CT molecular complexity index is 1440. The quantitative estimate of drug-likeness (QED) is 0.144. The predicted molar refractivity (Wildman–Crippen MR) is 234 cm³/mol. The van der Waals surface area contributed by atoms with Crippen LogP contribution in [-0.2, 0) is 23.8 Å². The van der Waals surface area contributed by atoms with Crippen molar-refractivity contribution >= 4 is 11.9 Å². The van der Waals surface area contributed by atoms with E-state index in [4.69, 9.17) is 19.9 Å². The number of esters is 1. The second-order valence-electron chi connectivity index (χ2n) is 15.6. The minimum absolute atomic E-state index is 0.00128. The summed E-state index contributed by atoms with van der Waals surface area (Å²) in [7, 11) is 0. The fourth-order valence-electron chi connectivity index (χ4n) is 6.57. The maximum absolute atomic E-state index is 12.2. The molecule has 16 nitrogen and oxygen atoms in total. The number of rotatable bonds is 3. The molecule has 62 heavy (non-hydrogen) atoms. The summed E-state index contributed by atoms with van der Waals surface area (Å²) >= 11 is 0.